The Balaban J connectivity index is 3.41. The molecule has 0 amide bonds. The van der Waals surface area contributed by atoms with E-state index in [1.165, 1.54) is 28.7 Å². The van der Waals surface area contributed by atoms with Gasteiger partial charge in [0.15, 0.2) is 0 Å². The lowest BCUT2D eigenvalue weighted by atomic mass is 10.1. The van der Waals surface area contributed by atoms with Gasteiger partial charge in [-0.15, -0.1) is 0 Å². The van der Waals surface area contributed by atoms with Gasteiger partial charge in [-0.3, -0.25) is 0 Å². The molecule has 6 heteroatoms. The summed E-state index contributed by atoms with van der Waals surface area (Å²) in [6.45, 7) is 0. The van der Waals surface area contributed by atoms with Crippen molar-refractivity contribution in [2.45, 2.75) is 6.43 Å². The molecule has 0 fully saturated rings. The van der Waals surface area contributed by atoms with E-state index in [4.69, 9.17) is 5.26 Å². The highest BCUT2D eigenvalue weighted by Crippen LogP contribution is 2.25. The van der Waals surface area contributed by atoms with Crippen LogP contribution in [0.1, 0.15) is 17.6 Å². The summed E-state index contributed by atoms with van der Waals surface area (Å²) in [6.07, 6.45) is -2.13. The second kappa shape index (κ2) is 3.91. The third-order valence-electron chi connectivity index (χ3n) is 1.35. The molecule has 0 spiro atoms. The summed E-state index contributed by atoms with van der Waals surface area (Å²) in [7, 11) is 0. The molecule has 0 saturated heterocycles. The smallest absolute Gasteiger partial charge is 0.227 e. The first-order valence-corrected chi connectivity index (χ1v) is 4.18. The van der Waals surface area contributed by atoms with Crippen molar-refractivity contribution in [1.82, 2.24) is 4.98 Å². The molecule has 68 valence electrons. The summed E-state index contributed by atoms with van der Waals surface area (Å²) in [4.78, 5) is 3.10. The van der Waals surface area contributed by atoms with Crippen LogP contribution in [0.25, 0.3) is 0 Å². The highest BCUT2D eigenvalue weighted by Gasteiger charge is 2.18. The molecule has 0 aromatic carbocycles. The number of pyridine rings is 1. The fourth-order valence-corrected chi connectivity index (χ4v) is 1.33. The summed E-state index contributed by atoms with van der Waals surface area (Å²) in [6, 6.07) is 1.52. The number of hydrogen-bond acceptors (Lipinski definition) is 2. The van der Waals surface area contributed by atoms with Crippen LogP contribution in [-0.2, 0) is 0 Å². The minimum Gasteiger partial charge on any atom is -0.227 e. The van der Waals surface area contributed by atoms with Crippen molar-refractivity contribution in [2.75, 3.05) is 0 Å². The van der Waals surface area contributed by atoms with Crippen molar-refractivity contribution in [2.24, 2.45) is 0 Å². The van der Waals surface area contributed by atoms with Crippen molar-refractivity contribution < 1.29 is 13.2 Å². The van der Waals surface area contributed by atoms with Gasteiger partial charge >= 0.3 is 0 Å². The number of halogens is 4. The minimum atomic E-state index is -2.81. The van der Waals surface area contributed by atoms with Gasteiger partial charge in [0.05, 0.1) is 14.7 Å². The van der Waals surface area contributed by atoms with E-state index in [9.17, 15) is 13.2 Å². The van der Waals surface area contributed by atoms with Gasteiger partial charge in [-0.05, 0) is 22.6 Å². The number of rotatable bonds is 1. The quantitative estimate of drug-likeness (QED) is 0.590. The van der Waals surface area contributed by atoms with Crippen LogP contribution in [0.3, 0.4) is 0 Å². The van der Waals surface area contributed by atoms with Gasteiger partial charge in [0, 0.05) is 6.20 Å². The van der Waals surface area contributed by atoms with Crippen LogP contribution in [0.4, 0.5) is 13.2 Å². The molecular formula is C7H2F3IN2. The monoisotopic (exact) mass is 298 g/mol. The molecule has 0 atom stereocenters. The Hall–Kier alpha value is -0.840. The van der Waals surface area contributed by atoms with Crippen LogP contribution in [0, 0.1) is 20.8 Å². The normalized spacial score (nSPS) is 10.2. The third kappa shape index (κ3) is 1.91. The van der Waals surface area contributed by atoms with E-state index in [0.29, 0.717) is 6.20 Å². The first kappa shape index (κ1) is 10.2. The molecule has 1 aromatic rings. The van der Waals surface area contributed by atoms with E-state index < -0.39 is 17.9 Å². The van der Waals surface area contributed by atoms with Crippen LogP contribution < -0.4 is 0 Å². The van der Waals surface area contributed by atoms with Gasteiger partial charge in [-0.25, -0.2) is 13.8 Å². The molecule has 1 heterocycles. The second-order valence-electron chi connectivity index (χ2n) is 2.11. The summed E-state index contributed by atoms with van der Waals surface area (Å²) < 4.78 is 36.9. The van der Waals surface area contributed by atoms with Gasteiger partial charge < -0.3 is 0 Å². The molecule has 0 radical (unpaired) electrons. The summed E-state index contributed by atoms with van der Waals surface area (Å²) in [5.74, 6) is -0.901. The molecule has 0 aliphatic heterocycles. The lowest BCUT2D eigenvalue weighted by Gasteiger charge is -2.03. The topological polar surface area (TPSA) is 36.7 Å². The van der Waals surface area contributed by atoms with E-state index >= 15 is 0 Å². The molecule has 0 N–H and O–H groups in total. The highest BCUT2D eigenvalue weighted by molar-refractivity contribution is 14.1. The maximum Gasteiger partial charge on any atom is 0.266 e. The zero-order chi connectivity index (χ0) is 10.0. The van der Waals surface area contributed by atoms with Crippen LogP contribution >= 0.6 is 22.6 Å². The van der Waals surface area contributed by atoms with Gasteiger partial charge in [-0.2, -0.15) is 9.65 Å². The van der Waals surface area contributed by atoms with E-state index in [1.807, 2.05) is 0 Å². The molecule has 1 rings (SSSR count). The number of nitrogens with zero attached hydrogens (tertiary/aromatic N) is 2. The molecule has 0 unspecified atom stereocenters. The van der Waals surface area contributed by atoms with Gasteiger partial charge in [0.1, 0.15) is 6.07 Å². The van der Waals surface area contributed by atoms with Gasteiger partial charge in [0.25, 0.3) is 6.43 Å². The Morgan fingerprint density at radius 1 is 1.54 bits per heavy atom. The second-order valence-corrected chi connectivity index (χ2v) is 3.18. The molecule has 0 aliphatic carbocycles. The summed E-state index contributed by atoms with van der Waals surface area (Å²) in [5.41, 5.74) is -0.878. The van der Waals surface area contributed by atoms with E-state index in [1.54, 1.807) is 0 Å². The fraction of sp³-hybridized carbons (Fsp3) is 0.143. The van der Waals surface area contributed by atoms with Gasteiger partial charge in [0.2, 0.25) is 5.95 Å². The zero-order valence-corrected chi connectivity index (χ0v) is 8.22. The molecular weight excluding hydrogens is 296 g/mol. The van der Waals surface area contributed by atoms with E-state index in [2.05, 4.69) is 4.98 Å². The molecule has 2 nitrogen and oxygen atoms in total. The number of alkyl halides is 2. The van der Waals surface area contributed by atoms with E-state index in [-0.39, 0.29) is 9.13 Å². The first-order chi connectivity index (χ1) is 6.07. The number of nitriles is 1. The largest absolute Gasteiger partial charge is 0.266 e. The molecule has 1 aromatic heterocycles. The maximum absolute atomic E-state index is 12.7. The van der Waals surface area contributed by atoms with Crippen molar-refractivity contribution in [3.63, 3.8) is 0 Å². The van der Waals surface area contributed by atoms with Gasteiger partial charge in [-0.1, -0.05) is 0 Å². The van der Waals surface area contributed by atoms with Crippen molar-refractivity contribution in [3.8, 4) is 6.07 Å². The Morgan fingerprint density at radius 3 is 2.62 bits per heavy atom. The lowest BCUT2D eigenvalue weighted by Crippen LogP contribution is -1.99. The summed E-state index contributed by atoms with van der Waals surface area (Å²) in [5, 5.41) is 8.49. The first-order valence-electron chi connectivity index (χ1n) is 3.10. The number of aromatic nitrogens is 1. The van der Waals surface area contributed by atoms with Crippen molar-refractivity contribution in [3.05, 3.63) is 26.8 Å². The van der Waals surface area contributed by atoms with Crippen LogP contribution in [0.5, 0.6) is 0 Å². The predicted octanol–water partition coefficient (Wildman–Crippen LogP) is 2.63. The standard InChI is InChI=1S/C7H2F3IN2/c8-6(9)4-2-13-7(10)5(11)3(4)1-12/h2,6H. The average Bonchev–Trinajstić information content (AvgIpc) is 2.09. The zero-order valence-electron chi connectivity index (χ0n) is 6.06. The number of hydrogen-bond donors (Lipinski definition) is 0. The van der Waals surface area contributed by atoms with Crippen LogP contribution in [-0.4, -0.2) is 4.98 Å². The predicted molar refractivity (Wildman–Crippen MR) is 46.6 cm³/mol. The SMILES string of the molecule is N#Cc1c(C(F)F)cnc(F)c1I. The maximum atomic E-state index is 12.7. The Bertz CT molecular complexity index is 373. The molecule has 0 bridgehead atoms. The Labute approximate surface area is 85.5 Å². The Kier molecular flexibility index (Phi) is 3.08. The Morgan fingerprint density at radius 2 is 2.15 bits per heavy atom. The fourth-order valence-electron chi connectivity index (χ4n) is 0.756. The van der Waals surface area contributed by atoms with E-state index in [0.717, 1.165) is 0 Å². The third-order valence-corrected chi connectivity index (χ3v) is 2.34. The molecule has 0 saturated carbocycles. The summed E-state index contributed by atoms with van der Waals surface area (Å²) >= 11 is 1.47. The average molecular weight is 298 g/mol. The highest BCUT2D eigenvalue weighted by atomic mass is 127. The van der Waals surface area contributed by atoms with Crippen molar-refractivity contribution in [1.29, 1.82) is 5.26 Å². The van der Waals surface area contributed by atoms with Crippen molar-refractivity contribution >= 4 is 22.6 Å². The van der Waals surface area contributed by atoms with Crippen LogP contribution in [0.2, 0.25) is 0 Å². The van der Waals surface area contributed by atoms with Crippen LogP contribution in [0.15, 0.2) is 6.20 Å². The lowest BCUT2D eigenvalue weighted by molar-refractivity contribution is 0.150. The molecule has 0 aliphatic rings. The molecule has 13 heavy (non-hydrogen) atoms. The minimum absolute atomic E-state index is 0.169.